The highest BCUT2D eigenvalue weighted by Crippen LogP contribution is 2.35. The zero-order valence-electron chi connectivity index (χ0n) is 25.0. The van der Waals surface area contributed by atoms with E-state index in [9.17, 15) is 19.2 Å². The summed E-state index contributed by atoms with van der Waals surface area (Å²) in [7, 11) is 14.6. The van der Waals surface area contributed by atoms with Crippen LogP contribution in [0.2, 0.25) is 0 Å². The number of nitrogens with zero attached hydrogens (tertiary/aromatic N) is 2. The first-order chi connectivity index (χ1) is 19.3. The smallest absolute Gasteiger partial charge is 0.255 e. The number of ether oxygens (including phenoxy) is 2. The van der Waals surface area contributed by atoms with Gasteiger partial charge in [-0.1, -0.05) is 27.9 Å². The van der Waals surface area contributed by atoms with Gasteiger partial charge in [0.05, 0.1) is 18.6 Å². The number of morpholine rings is 1. The molecule has 2 unspecified atom stereocenters. The van der Waals surface area contributed by atoms with Crippen LogP contribution < -0.4 is 31.9 Å². The molecular weight excluding hydrogens is 514 g/mol. The van der Waals surface area contributed by atoms with Gasteiger partial charge in [0.15, 0.2) is 15.7 Å². The van der Waals surface area contributed by atoms with Gasteiger partial charge in [0, 0.05) is 30.0 Å². The molecule has 2 aromatic carbocycles. The number of piperidine rings is 1. The van der Waals surface area contributed by atoms with Crippen molar-refractivity contribution in [2.24, 2.45) is 0 Å². The molecule has 0 aromatic heterocycles. The van der Waals surface area contributed by atoms with E-state index in [4.69, 9.17) is 9.47 Å². The number of fused-ring (bicyclic) bond motifs is 1. The molecule has 16 heteroatoms. The number of amides is 4. The molecule has 5 rings (SSSR count). The summed E-state index contributed by atoms with van der Waals surface area (Å²) >= 11 is 0. The summed E-state index contributed by atoms with van der Waals surface area (Å²) in [4.78, 5) is 53.6. The van der Waals surface area contributed by atoms with Crippen LogP contribution in [-0.4, -0.2) is 114 Å². The minimum absolute atomic E-state index is 0.00410. The van der Waals surface area contributed by atoms with Crippen molar-refractivity contribution < 1.29 is 28.7 Å². The van der Waals surface area contributed by atoms with E-state index in [1.54, 1.807) is 17.0 Å². The van der Waals surface area contributed by atoms with Crippen molar-refractivity contribution in [2.75, 3.05) is 19.8 Å². The third-order valence-electron chi connectivity index (χ3n) is 9.10. The van der Waals surface area contributed by atoms with E-state index in [2.05, 4.69) is 44.5 Å². The Hall–Kier alpha value is -3.27. The standard InChI is InChI=1S/C25H32B7N3O6/c26-18-16(22(30)34-6-7-40-9-15(34)37)19(27)21(29)17(20(18)28)25(31,32)41-13-3-1-2-10-11(13)8-35(24(10)39)12-4-5-14(36)33-23(12)38/h1-3,12,22H,4-9,26-32H2,(H,33,36,38). The number of rotatable bonds is 6. The maximum absolute atomic E-state index is 13.3. The van der Waals surface area contributed by atoms with Crippen molar-refractivity contribution in [1.82, 2.24) is 15.1 Å². The van der Waals surface area contributed by atoms with Gasteiger partial charge < -0.3 is 19.3 Å². The molecule has 1 N–H and O–H groups in total. The summed E-state index contributed by atoms with van der Waals surface area (Å²) in [6.45, 7) is 1.47. The molecule has 3 aliphatic heterocycles. The lowest BCUT2D eigenvalue weighted by atomic mass is 9.51. The Bertz CT molecular complexity index is 1460. The van der Waals surface area contributed by atoms with Crippen LogP contribution in [0.3, 0.4) is 0 Å². The van der Waals surface area contributed by atoms with Crippen LogP contribution in [0.4, 0.5) is 0 Å². The summed E-state index contributed by atoms with van der Waals surface area (Å²) in [6.07, 6.45) is 0.516. The molecule has 9 nitrogen and oxygen atoms in total. The number of nitrogens with one attached hydrogen (secondary N) is 1. The Kier molecular flexibility index (Phi) is 7.74. The lowest BCUT2D eigenvalue weighted by molar-refractivity contribution is -0.143. The Morgan fingerprint density at radius 2 is 1.71 bits per heavy atom. The monoisotopic (exact) mass is 547 g/mol. The Morgan fingerprint density at radius 3 is 2.34 bits per heavy atom. The molecule has 2 saturated heterocycles. The number of hydrogen-bond donors (Lipinski definition) is 1. The van der Waals surface area contributed by atoms with E-state index in [1.807, 2.05) is 26.7 Å². The van der Waals surface area contributed by atoms with Gasteiger partial charge >= 0.3 is 0 Å². The molecule has 204 valence electrons. The molecule has 0 spiro atoms. The van der Waals surface area contributed by atoms with E-state index >= 15 is 0 Å². The Morgan fingerprint density at radius 1 is 1.02 bits per heavy atom. The zero-order valence-corrected chi connectivity index (χ0v) is 25.0. The number of benzene rings is 2. The fraction of sp³-hybridized carbons (Fsp3) is 0.360. The fourth-order valence-corrected chi connectivity index (χ4v) is 6.95. The van der Waals surface area contributed by atoms with Gasteiger partial charge in [-0.15, -0.1) is 0 Å². The molecule has 4 amide bonds. The van der Waals surface area contributed by atoms with Crippen LogP contribution in [0.5, 0.6) is 5.75 Å². The van der Waals surface area contributed by atoms with Gasteiger partial charge in [0.1, 0.15) is 57.6 Å². The molecule has 2 atom stereocenters. The van der Waals surface area contributed by atoms with Crippen molar-refractivity contribution in [2.45, 2.75) is 36.8 Å². The first-order valence-electron chi connectivity index (χ1n) is 14.3. The molecule has 2 fully saturated rings. The predicted octanol–water partition coefficient (Wildman–Crippen LogP) is -8.57. The van der Waals surface area contributed by atoms with Crippen molar-refractivity contribution in [3.05, 3.63) is 40.5 Å². The zero-order chi connectivity index (χ0) is 29.8. The first-order valence-corrected chi connectivity index (χ1v) is 14.3. The second-order valence-corrected chi connectivity index (χ2v) is 11.9. The van der Waals surface area contributed by atoms with Crippen LogP contribution >= 0.6 is 0 Å². The van der Waals surface area contributed by atoms with Crippen molar-refractivity contribution >= 4 is 100 Å². The average Bonchev–Trinajstić information content (AvgIpc) is 3.24. The Labute approximate surface area is 246 Å². The first kappa shape index (κ1) is 29.2. The highest BCUT2D eigenvalue weighted by Gasteiger charge is 2.41. The summed E-state index contributed by atoms with van der Waals surface area (Å²) in [5.41, 5.74) is 7.96. The second-order valence-electron chi connectivity index (χ2n) is 11.9. The minimum atomic E-state index is -0.750. The molecule has 0 aliphatic carbocycles. The molecule has 0 bridgehead atoms. The van der Waals surface area contributed by atoms with Gasteiger partial charge in [0.2, 0.25) is 17.7 Å². The van der Waals surface area contributed by atoms with Crippen molar-refractivity contribution in [3.63, 3.8) is 0 Å². The maximum Gasteiger partial charge on any atom is 0.255 e. The van der Waals surface area contributed by atoms with Gasteiger partial charge in [0.25, 0.3) is 5.91 Å². The highest BCUT2D eigenvalue weighted by atomic mass is 16.5. The van der Waals surface area contributed by atoms with Gasteiger partial charge in [-0.05, 0) is 29.7 Å². The van der Waals surface area contributed by atoms with E-state index in [0.717, 1.165) is 38.5 Å². The summed E-state index contributed by atoms with van der Waals surface area (Å²) in [5.74, 6) is -0.452. The normalized spacial score (nSPS) is 20.1. The van der Waals surface area contributed by atoms with E-state index in [1.165, 1.54) is 0 Å². The van der Waals surface area contributed by atoms with Gasteiger partial charge in [-0.25, -0.2) is 0 Å². The SMILES string of the molecule is Bc1c(B)c(C(B)(B)Oc2cccc3c2CN(C2CCC(=O)NC2=O)C3=O)c(B)c(B)c1C(B)N1CCOCC1=O. The van der Waals surface area contributed by atoms with Crippen LogP contribution in [0, 0.1) is 0 Å². The summed E-state index contributed by atoms with van der Waals surface area (Å²) in [5, 5.41) is 1.61. The number of carbonyl (C=O) groups excluding carboxylic acids is 4. The molecule has 2 aromatic rings. The molecule has 3 aliphatic rings. The number of carbonyl (C=O) groups is 4. The predicted molar refractivity (Wildman–Crippen MR) is 175 cm³/mol. The third-order valence-corrected chi connectivity index (χ3v) is 9.10. The lowest BCUT2D eigenvalue weighted by Crippen LogP contribution is -2.57. The molecule has 0 saturated carbocycles. The summed E-state index contributed by atoms with van der Waals surface area (Å²) < 4.78 is 12.1. The highest BCUT2D eigenvalue weighted by molar-refractivity contribution is 6.60. The summed E-state index contributed by atoms with van der Waals surface area (Å²) in [6, 6.07) is 4.75. The molecule has 0 radical (unpaired) electrons. The van der Waals surface area contributed by atoms with Crippen molar-refractivity contribution in [1.29, 1.82) is 0 Å². The second kappa shape index (κ2) is 10.9. The quantitative estimate of drug-likeness (QED) is 0.285. The number of imide groups is 1. The lowest BCUT2D eigenvalue weighted by Gasteiger charge is -2.39. The largest absolute Gasteiger partial charge is 0.501 e. The fourth-order valence-electron chi connectivity index (χ4n) is 6.95. The maximum atomic E-state index is 13.3. The third kappa shape index (κ3) is 5.04. The van der Waals surface area contributed by atoms with E-state index < -0.39 is 17.3 Å². The number of hydrogen-bond acceptors (Lipinski definition) is 6. The van der Waals surface area contributed by atoms with E-state index in [0.29, 0.717) is 30.9 Å². The molecule has 3 heterocycles. The average molecular weight is 546 g/mol. The topological polar surface area (TPSA) is 105 Å². The minimum Gasteiger partial charge on any atom is -0.501 e. The Balaban J connectivity index is 1.47. The van der Waals surface area contributed by atoms with Crippen LogP contribution in [-0.2, 0) is 31.1 Å². The van der Waals surface area contributed by atoms with Crippen molar-refractivity contribution in [3.8, 4) is 5.75 Å². The van der Waals surface area contributed by atoms with Gasteiger partial charge in [-0.2, -0.15) is 0 Å². The van der Waals surface area contributed by atoms with E-state index in [-0.39, 0.29) is 43.2 Å². The van der Waals surface area contributed by atoms with Crippen LogP contribution in [0.15, 0.2) is 18.2 Å². The van der Waals surface area contributed by atoms with Gasteiger partial charge in [-0.3, -0.25) is 24.5 Å². The van der Waals surface area contributed by atoms with Crippen LogP contribution in [0.25, 0.3) is 0 Å². The molecule has 41 heavy (non-hydrogen) atoms. The van der Waals surface area contributed by atoms with Crippen LogP contribution in [0.1, 0.15) is 45.8 Å². The molecular formula is C25H32B7N3O6.